The van der Waals surface area contributed by atoms with Gasteiger partial charge < -0.3 is 0 Å². The van der Waals surface area contributed by atoms with Crippen molar-refractivity contribution in [2.75, 3.05) is 0 Å². The molecule has 1 heteroatoms. The lowest BCUT2D eigenvalue weighted by atomic mass is 9.62. The maximum Gasteiger partial charge on any atom is 0.0181 e. The minimum absolute atomic E-state index is 0.316. The van der Waals surface area contributed by atoms with Gasteiger partial charge in [0.2, 0.25) is 0 Å². The first-order valence-electron chi connectivity index (χ1n) is 6.16. The first-order valence-corrected chi connectivity index (χ1v) is 7.64. The normalized spacial score (nSPS) is 51.9. The van der Waals surface area contributed by atoms with E-state index in [9.17, 15) is 0 Å². The maximum absolute atomic E-state index is 2.56. The van der Waals surface area contributed by atoms with Gasteiger partial charge in [-0.2, -0.15) is 0 Å². The SMILES string of the molecule is CC1C=C2CC[C@]21P1[C@@H](C)CC[C@@H]1C. The third-order valence-electron chi connectivity index (χ3n) is 4.95. The van der Waals surface area contributed by atoms with E-state index < -0.39 is 0 Å². The molecule has 1 saturated heterocycles. The Morgan fingerprint density at radius 2 is 1.86 bits per heavy atom. The van der Waals surface area contributed by atoms with Gasteiger partial charge >= 0.3 is 0 Å². The molecular weight excluding hydrogens is 187 g/mol. The van der Waals surface area contributed by atoms with Crippen LogP contribution in [-0.2, 0) is 0 Å². The molecule has 0 amide bonds. The van der Waals surface area contributed by atoms with Crippen molar-refractivity contribution < 1.29 is 0 Å². The lowest BCUT2D eigenvalue weighted by molar-refractivity contribution is 0.337. The first-order chi connectivity index (χ1) is 6.66. The molecule has 1 saturated carbocycles. The average molecular weight is 208 g/mol. The fourth-order valence-corrected chi connectivity index (χ4v) is 8.86. The molecular formula is C13H21P. The highest BCUT2D eigenvalue weighted by atomic mass is 31.1. The predicted octanol–water partition coefficient (Wildman–Crippen LogP) is 4.15. The Hall–Kier alpha value is 0.170. The van der Waals surface area contributed by atoms with Crippen LogP contribution in [0.5, 0.6) is 0 Å². The summed E-state index contributed by atoms with van der Waals surface area (Å²) in [6.07, 6.45) is 8.54. The predicted molar refractivity (Wildman–Crippen MR) is 64.3 cm³/mol. The van der Waals surface area contributed by atoms with Crippen molar-refractivity contribution in [3.63, 3.8) is 0 Å². The number of hydrogen-bond acceptors (Lipinski definition) is 0. The molecule has 14 heavy (non-hydrogen) atoms. The lowest BCUT2D eigenvalue weighted by Gasteiger charge is -2.61. The molecule has 0 aromatic rings. The molecule has 78 valence electrons. The smallest absolute Gasteiger partial charge is 0.0181 e. The number of hydrogen-bond donors (Lipinski definition) is 0. The van der Waals surface area contributed by atoms with Gasteiger partial charge in [0, 0.05) is 5.16 Å². The first kappa shape index (κ1) is 9.40. The van der Waals surface area contributed by atoms with Crippen LogP contribution in [0, 0.1) is 5.92 Å². The van der Waals surface area contributed by atoms with Gasteiger partial charge in [0.05, 0.1) is 0 Å². The van der Waals surface area contributed by atoms with E-state index in [1.54, 1.807) is 0 Å². The summed E-state index contributed by atoms with van der Waals surface area (Å²) in [7, 11) is 0.316. The van der Waals surface area contributed by atoms with Crippen LogP contribution < -0.4 is 0 Å². The third kappa shape index (κ3) is 0.896. The lowest BCUT2D eigenvalue weighted by Crippen LogP contribution is -2.52. The van der Waals surface area contributed by atoms with E-state index in [0.717, 1.165) is 22.4 Å². The maximum atomic E-state index is 2.56. The van der Waals surface area contributed by atoms with E-state index in [4.69, 9.17) is 0 Å². The Kier molecular flexibility index (Phi) is 1.91. The molecule has 1 aliphatic heterocycles. The van der Waals surface area contributed by atoms with Gasteiger partial charge in [-0.25, -0.2) is 0 Å². The molecule has 0 aromatic carbocycles. The number of fused-ring (bicyclic) bond motifs is 1. The molecule has 0 aromatic heterocycles. The van der Waals surface area contributed by atoms with Crippen molar-refractivity contribution in [1.82, 2.24) is 0 Å². The second-order valence-corrected chi connectivity index (χ2v) is 8.96. The van der Waals surface area contributed by atoms with Crippen molar-refractivity contribution in [2.45, 2.75) is 62.9 Å². The van der Waals surface area contributed by atoms with Crippen LogP contribution in [0.3, 0.4) is 0 Å². The number of allylic oxidation sites excluding steroid dienone is 2. The highest BCUT2D eigenvalue weighted by Gasteiger charge is 2.59. The molecule has 4 atom stereocenters. The van der Waals surface area contributed by atoms with E-state index >= 15 is 0 Å². The van der Waals surface area contributed by atoms with Crippen molar-refractivity contribution >= 4 is 7.92 Å². The minimum Gasteiger partial charge on any atom is -0.0897 e. The highest BCUT2D eigenvalue weighted by Crippen LogP contribution is 2.77. The second-order valence-electron chi connectivity index (χ2n) is 5.59. The topological polar surface area (TPSA) is 0 Å². The van der Waals surface area contributed by atoms with Crippen molar-refractivity contribution in [3.05, 3.63) is 11.6 Å². The van der Waals surface area contributed by atoms with Gasteiger partial charge in [0.15, 0.2) is 0 Å². The Labute approximate surface area is 88.9 Å². The standard InChI is InChI=1S/C13H21P/c1-9-8-12-6-7-13(9,12)14-10(2)4-5-11(14)3/h8-11H,4-7H2,1-3H3/t9?,10-,11-,13+/m0/s1. The Morgan fingerprint density at radius 1 is 1.21 bits per heavy atom. The Balaban J connectivity index is 1.92. The molecule has 3 aliphatic rings. The largest absolute Gasteiger partial charge is 0.0897 e. The summed E-state index contributed by atoms with van der Waals surface area (Å²) in [5, 5.41) is 0.769. The summed E-state index contributed by atoms with van der Waals surface area (Å²) in [6.45, 7) is 7.50. The van der Waals surface area contributed by atoms with Crippen LogP contribution in [-0.4, -0.2) is 16.5 Å². The van der Waals surface area contributed by atoms with Crippen LogP contribution in [0.25, 0.3) is 0 Å². The Morgan fingerprint density at radius 3 is 2.21 bits per heavy atom. The van der Waals surface area contributed by atoms with Crippen LogP contribution in [0.15, 0.2) is 11.6 Å². The summed E-state index contributed by atoms with van der Waals surface area (Å²) in [4.78, 5) is 0. The summed E-state index contributed by atoms with van der Waals surface area (Å²) in [5.74, 6) is 0.917. The van der Waals surface area contributed by atoms with Crippen LogP contribution in [0.1, 0.15) is 46.5 Å². The van der Waals surface area contributed by atoms with Crippen LogP contribution >= 0.6 is 7.92 Å². The molecule has 2 aliphatic carbocycles. The quantitative estimate of drug-likeness (QED) is 0.448. The minimum atomic E-state index is 0.316. The second kappa shape index (κ2) is 2.85. The molecule has 1 heterocycles. The van der Waals surface area contributed by atoms with Crippen molar-refractivity contribution in [1.29, 1.82) is 0 Å². The summed E-state index contributed by atoms with van der Waals surface area (Å²) >= 11 is 0. The average Bonchev–Trinajstić information content (AvgIpc) is 2.45. The van der Waals surface area contributed by atoms with E-state index in [1.807, 2.05) is 5.57 Å². The van der Waals surface area contributed by atoms with Crippen molar-refractivity contribution in [3.8, 4) is 0 Å². The molecule has 0 spiro atoms. The van der Waals surface area contributed by atoms with E-state index in [1.165, 1.54) is 25.7 Å². The van der Waals surface area contributed by atoms with Gasteiger partial charge in [-0.3, -0.25) is 0 Å². The highest BCUT2D eigenvalue weighted by molar-refractivity contribution is 7.61. The zero-order chi connectivity index (χ0) is 9.92. The zero-order valence-electron chi connectivity index (χ0n) is 9.59. The van der Waals surface area contributed by atoms with Crippen molar-refractivity contribution in [2.24, 2.45) is 5.92 Å². The molecule has 0 radical (unpaired) electrons. The van der Waals surface area contributed by atoms with Crippen LogP contribution in [0.4, 0.5) is 0 Å². The summed E-state index contributed by atoms with van der Waals surface area (Å²) < 4.78 is 0. The third-order valence-corrected chi connectivity index (χ3v) is 9.20. The van der Waals surface area contributed by atoms with Gasteiger partial charge in [-0.05, 0) is 42.9 Å². The molecule has 1 unspecified atom stereocenters. The Bertz CT molecular complexity index is 284. The van der Waals surface area contributed by atoms with Gasteiger partial charge in [0.1, 0.15) is 0 Å². The van der Waals surface area contributed by atoms with Gasteiger partial charge in [-0.1, -0.05) is 40.3 Å². The molecule has 3 rings (SSSR count). The van der Waals surface area contributed by atoms with Crippen LogP contribution in [0.2, 0.25) is 0 Å². The fourth-order valence-electron chi connectivity index (χ4n) is 4.13. The van der Waals surface area contributed by atoms with E-state index in [-0.39, 0.29) is 0 Å². The van der Waals surface area contributed by atoms with E-state index in [0.29, 0.717) is 7.92 Å². The fraction of sp³-hybridized carbons (Fsp3) is 0.846. The summed E-state index contributed by atoms with van der Waals surface area (Å²) in [6, 6.07) is 0. The van der Waals surface area contributed by atoms with Gasteiger partial charge in [-0.15, -0.1) is 0 Å². The molecule has 2 fully saturated rings. The van der Waals surface area contributed by atoms with E-state index in [2.05, 4.69) is 26.8 Å². The number of rotatable bonds is 1. The summed E-state index contributed by atoms with van der Waals surface area (Å²) in [5.41, 5.74) is 3.95. The molecule has 0 nitrogen and oxygen atoms in total. The molecule has 0 bridgehead atoms. The monoisotopic (exact) mass is 208 g/mol. The van der Waals surface area contributed by atoms with Gasteiger partial charge in [0.25, 0.3) is 0 Å². The molecule has 0 N–H and O–H groups in total. The zero-order valence-corrected chi connectivity index (χ0v) is 10.5.